The fourth-order valence-corrected chi connectivity index (χ4v) is 3.91. The van der Waals surface area contributed by atoms with E-state index in [4.69, 9.17) is 4.74 Å². The van der Waals surface area contributed by atoms with Crippen LogP contribution in [0.25, 0.3) is 5.69 Å². The molecule has 0 aliphatic carbocycles. The van der Waals surface area contributed by atoms with Gasteiger partial charge in [0.05, 0.1) is 12.2 Å². The first kappa shape index (κ1) is 19.6. The van der Waals surface area contributed by atoms with Gasteiger partial charge in [-0.05, 0) is 70.5 Å². The van der Waals surface area contributed by atoms with Crippen LogP contribution >= 0.6 is 0 Å². The third-order valence-corrected chi connectivity index (χ3v) is 5.09. The summed E-state index contributed by atoms with van der Waals surface area (Å²) in [6, 6.07) is 12.0. The monoisotopic (exact) mass is 369 g/mol. The largest absolute Gasteiger partial charge is 0.373 e. The zero-order valence-corrected chi connectivity index (χ0v) is 16.9. The highest BCUT2D eigenvalue weighted by molar-refractivity contribution is 5.94. The number of nitrogens with one attached hydrogen (secondary N) is 1. The van der Waals surface area contributed by atoms with E-state index in [0.717, 1.165) is 31.7 Å². The number of aryl methyl sites for hydroxylation is 2. The highest BCUT2D eigenvalue weighted by atomic mass is 16.5. The highest BCUT2D eigenvalue weighted by Crippen LogP contribution is 2.17. The maximum Gasteiger partial charge on any atom is 0.251 e. The standard InChI is InChI=1S/C22H31N3O2/c1-16-6-7-17(2)25(16)21-10-8-20(9-11-21)22(26)23-12-5-13-24-14-18(3)27-19(4)15-24/h6-11,18-19H,5,12-15H2,1-4H3,(H,23,26). The number of hydrogen-bond acceptors (Lipinski definition) is 3. The first-order valence-corrected chi connectivity index (χ1v) is 9.85. The zero-order chi connectivity index (χ0) is 19.4. The second-order valence-electron chi connectivity index (χ2n) is 7.62. The van der Waals surface area contributed by atoms with Gasteiger partial charge in [-0.1, -0.05) is 0 Å². The molecule has 1 fully saturated rings. The van der Waals surface area contributed by atoms with Crippen LogP contribution in [0.4, 0.5) is 0 Å². The number of aromatic nitrogens is 1. The van der Waals surface area contributed by atoms with E-state index in [-0.39, 0.29) is 18.1 Å². The molecule has 2 atom stereocenters. The lowest BCUT2D eigenvalue weighted by molar-refractivity contribution is -0.0679. The molecule has 2 heterocycles. The maximum atomic E-state index is 12.4. The van der Waals surface area contributed by atoms with Crippen LogP contribution in [0.2, 0.25) is 0 Å². The lowest BCUT2D eigenvalue weighted by atomic mass is 10.2. The Morgan fingerprint density at radius 2 is 1.63 bits per heavy atom. The van der Waals surface area contributed by atoms with E-state index in [9.17, 15) is 4.79 Å². The molecule has 0 radical (unpaired) electrons. The van der Waals surface area contributed by atoms with Crippen LogP contribution in [0, 0.1) is 13.8 Å². The smallest absolute Gasteiger partial charge is 0.251 e. The number of nitrogens with zero attached hydrogens (tertiary/aromatic N) is 2. The Hall–Kier alpha value is -2.11. The van der Waals surface area contributed by atoms with Gasteiger partial charge in [0.2, 0.25) is 0 Å². The molecule has 5 nitrogen and oxygen atoms in total. The molecular formula is C22H31N3O2. The van der Waals surface area contributed by atoms with Gasteiger partial charge in [-0.25, -0.2) is 0 Å². The van der Waals surface area contributed by atoms with Crippen LogP contribution in [-0.4, -0.2) is 53.8 Å². The van der Waals surface area contributed by atoms with Crippen LogP contribution < -0.4 is 5.32 Å². The molecule has 1 N–H and O–H groups in total. The van der Waals surface area contributed by atoms with E-state index in [1.165, 1.54) is 11.4 Å². The molecule has 0 bridgehead atoms. The van der Waals surface area contributed by atoms with E-state index in [1.807, 2.05) is 24.3 Å². The van der Waals surface area contributed by atoms with E-state index < -0.39 is 0 Å². The lowest BCUT2D eigenvalue weighted by Crippen LogP contribution is -2.46. The minimum atomic E-state index is -0.00814. The Kier molecular flexibility index (Phi) is 6.34. The number of amides is 1. The average Bonchev–Trinajstić information content (AvgIpc) is 2.96. The molecule has 1 aromatic carbocycles. The van der Waals surface area contributed by atoms with Crippen LogP contribution in [0.1, 0.15) is 42.0 Å². The highest BCUT2D eigenvalue weighted by Gasteiger charge is 2.21. The quantitative estimate of drug-likeness (QED) is 0.795. The SMILES string of the molecule is Cc1ccc(C)n1-c1ccc(C(=O)NCCCN2CC(C)OC(C)C2)cc1. The van der Waals surface area contributed by atoms with Gasteiger partial charge in [-0.2, -0.15) is 0 Å². The summed E-state index contributed by atoms with van der Waals surface area (Å²) in [5.41, 5.74) is 4.17. The number of carbonyl (C=O) groups is 1. The molecule has 27 heavy (non-hydrogen) atoms. The first-order chi connectivity index (χ1) is 12.9. The first-order valence-electron chi connectivity index (χ1n) is 9.85. The average molecular weight is 370 g/mol. The summed E-state index contributed by atoms with van der Waals surface area (Å²) in [4.78, 5) is 14.8. The summed E-state index contributed by atoms with van der Waals surface area (Å²) >= 11 is 0. The Bertz CT molecular complexity index is 737. The number of benzene rings is 1. The minimum Gasteiger partial charge on any atom is -0.373 e. The molecule has 1 aliphatic rings. The van der Waals surface area contributed by atoms with Crippen molar-refractivity contribution in [1.82, 2.24) is 14.8 Å². The summed E-state index contributed by atoms with van der Waals surface area (Å²) < 4.78 is 7.94. The second kappa shape index (κ2) is 8.72. The summed E-state index contributed by atoms with van der Waals surface area (Å²) in [5.74, 6) is -0.00814. The predicted octanol–water partition coefficient (Wildman–Crippen LogP) is 3.32. The molecular weight excluding hydrogens is 338 g/mol. The van der Waals surface area contributed by atoms with Gasteiger partial charge in [0.15, 0.2) is 0 Å². The number of ether oxygens (including phenoxy) is 1. The van der Waals surface area contributed by atoms with Gasteiger partial charge in [-0.15, -0.1) is 0 Å². The molecule has 0 spiro atoms. The van der Waals surface area contributed by atoms with Gasteiger partial charge < -0.3 is 14.6 Å². The van der Waals surface area contributed by atoms with Crippen LogP contribution in [-0.2, 0) is 4.74 Å². The van der Waals surface area contributed by atoms with Crippen molar-refractivity contribution < 1.29 is 9.53 Å². The molecule has 2 aromatic rings. The summed E-state index contributed by atoms with van der Waals surface area (Å²) in [5, 5.41) is 3.03. The van der Waals surface area contributed by atoms with Gasteiger partial charge in [-0.3, -0.25) is 9.69 Å². The van der Waals surface area contributed by atoms with Crippen LogP contribution in [0.3, 0.4) is 0 Å². The van der Waals surface area contributed by atoms with Gasteiger partial charge >= 0.3 is 0 Å². The Labute approximate surface area is 162 Å². The van der Waals surface area contributed by atoms with Crippen molar-refractivity contribution in [1.29, 1.82) is 0 Å². The van der Waals surface area contributed by atoms with Crippen molar-refractivity contribution >= 4 is 5.91 Å². The molecule has 146 valence electrons. The molecule has 2 unspecified atom stereocenters. The van der Waals surface area contributed by atoms with Crippen LogP contribution in [0.15, 0.2) is 36.4 Å². The third kappa shape index (κ3) is 4.99. The predicted molar refractivity (Wildman–Crippen MR) is 109 cm³/mol. The van der Waals surface area contributed by atoms with Crippen molar-refractivity contribution in [3.63, 3.8) is 0 Å². The van der Waals surface area contributed by atoms with E-state index in [1.54, 1.807) is 0 Å². The number of rotatable bonds is 6. The number of hydrogen-bond donors (Lipinski definition) is 1. The third-order valence-electron chi connectivity index (χ3n) is 5.09. The van der Waals surface area contributed by atoms with Gasteiger partial charge in [0, 0.05) is 48.8 Å². The van der Waals surface area contributed by atoms with Crippen molar-refractivity contribution in [3.8, 4) is 5.69 Å². The Morgan fingerprint density at radius 1 is 1.04 bits per heavy atom. The van der Waals surface area contributed by atoms with E-state index >= 15 is 0 Å². The maximum absolute atomic E-state index is 12.4. The van der Waals surface area contributed by atoms with E-state index in [0.29, 0.717) is 12.1 Å². The fourth-order valence-electron chi connectivity index (χ4n) is 3.91. The molecule has 1 saturated heterocycles. The van der Waals surface area contributed by atoms with Crippen molar-refractivity contribution in [3.05, 3.63) is 53.3 Å². The zero-order valence-electron chi connectivity index (χ0n) is 16.9. The van der Waals surface area contributed by atoms with Crippen molar-refractivity contribution in [2.24, 2.45) is 0 Å². The summed E-state index contributed by atoms with van der Waals surface area (Å²) in [6.07, 6.45) is 1.52. The molecule has 0 saturated carbocycles. The van der Waals surface area contributed by atoms with Crippen LogP contribution in [0.5, 0.6) is 0 Å². The fraction of sp³-hybridized carbons (Fsp3) is 0.500. The summed E-state index contributed by atoms with van der Waals surface area (Å²) in [7, 11) is 0. The number of morpholine rings is 1. The minimum absolute atomic E-state index is 0.00814. The Balaban J connectivity index is 1.47. The van der Waals surface area contributed by atoms with Crippen molar-refractivity contribution in [2.75, 3.05) is 26.2 Å². The molecule has 1 aromatic heterocycles. The van der Waals surface area contributed by atoms with Gasteiger partial charge in [0.25, 0.3) is 5.91 Å². The summed E-state index contributed by atoms with van der Waals surface area (Å²) in [6.45, 7) is 12.0. The topological polar surface area (TPSA) is 46.5 Å². The molecule has 1 amide bonds. The number of carbonyl (C=O) groups excluding carboxylic acids is 1. The molecule has 3 rings (SSSR count). The normalized spacial score (nSPS) is 20.6. The Morgan fingerprint density at radius 3 is 2.22 bits per heavy atom. The van der Waals surface area contributed by atoms with Gasteiger partial charge in [0.1, 0.15) is 0 Å². The van der Waals surface area contributed by atoms with Crippen molar-refractivity contribution in [2.45, 2.75) is 46.3 Å². The van der Waals surface area contributed by atoms with E-state index in [2.05, 4.69) is 54.6 Å². The molecule has 1 aliphatic heterocycles. The second-order valence-corrected chi connectivity index (χ2v) is 7.62. The molecule has 5 heteroatoms. The lowest BCUT2D eigenvalue weighted by Gasteiger charge is -2.35.